The number of hydrogen-bond acceptors (Lipinski definition) is 7. The summed E-state index contributed by atoms with van der Waals surface area (Å²) < 4.78 is 37.6. The highest BCUT2D eigenvalue weighted by Crippen LogP contribution is 2.11. The van der Waals surface area contributed by atoms with Crippen molar-refractivity contribution in [2.75, 3.05) is 47.8 Å². The average Bonchev–Trinajstić information content (AvgIpc) is 2.66. The fraction of sp³-hybridized carbons (Fsp3) is 0.647. The Labute approximate surface area is 160 Å². The van der Waals surface area contributed by atoms with Crippen molar-refractivity contribution in [3.63, 3.8) is 0 Å². The van der Waals surface area contributed by atoms with Crippen LogP contribution in [0.15, 0.2) is 30.3 Å². The van der Waals surface area contributed by atoms with E-state index in [-0.39, 0.29) is 0 Å². The molecule has 152 valence electrons. The first-order valence-electron chi connectivity index (χ1n) is 8.80. The molecule has 1 aromatic carbocycles. The van der Waals surface area contributed by atoms with Crippen LogP contribution in [0.1, 0.15) is 27.7 Å². The van der Waals surface area contributed by atoms with Crippen molar-refractivity contribution in [3.05, 3.63) is 30.3 Å². The summed E-state index contributed by atoms with van der Waals surface area (Å²) in [5.74, 6) is 0. The van der Waals surface area contributed by atoms with Crippen molar-refractivity contribution < 1.29 is 31.0 Å². The monoisotopic (exact) mass is 406 g/mol. The van der Waals surface area contributed by atoms with E-state index in [9.17, 15) is 0 Å². The first kappa shape index (κ1) is 25.4. The van der Waals surface area contributed by atoms with E-state index in [0.29, 0.717) is 26.4 Å². The van der Waals surface area contributed by atoms with Gasteiger partial charge in [-0.1, -0.05) is 30.3 Å². The Morgan fingerprint density at radius 1 is 0.615 bits per heavy atom. The number of hydrogen-bond donors (Lipinski definition) is 0. The lowest BCUT2D eigenvalue weighted by Crippen LogP contribution is -2.54. The molecule has 0 unspecified atom stereocenters. The van der Waals surface area contributed by atoms with Crippen LogP contribution in [0.25, 0.3) is 0 Å². The number of benzene rings is 1. The van der Waals surface area contributed by atoms with Crippen LogP contribution in [-0.2, 0) is 31.0 Å². The van der Waals surface area contributed by atoms with E-state index in [1.54, 1.807) is 21.3 Å². The Morgan fingerprint density at radius 2 is 0.962 bits per heavy atom. The molecule has 0 aliphatic carbocycles. The smallest absolute Gasteiger partial charge is 0.373 e. The zero-order valence-corrected chi connectivity index (χ0v) is 19.1. The van der Waals surface area contributed by atoms with Gasteiger partial charge < -0.3 is 31.0 Å². The lowest BCUT2D eigenvalue weighted by molar-refractivity contribution is -0.0247. The van der Waals surface area contributed by atoms with E-state index in [4.69, 9.17) is 31.0 Å². The Morgan fingerprint density at radius 3 is 1.23 bits per heavy atom. The van der Waals surface area contributed by atoms with Gasteiger partial charge in [-0.15, -0.1) is 0 Å². The maximum Gasteiger partial charge on any atom is 0.679 e. The third-order valence-corrected chi connectivity index (χ3v) is 8.44. The van der Waals surface area contributed by atoms with Crippen molar-refractivity contribution >= 4 is 23.0 Å². The SMILES string of the molecule is CCO[Si](OCC)(OCC)OCC.CO[Si](OC)(OC)c1ccccc1. The highest BCUT2D eigenvalue weighted by molar-refractivity contribution is 6.75. The summed E-state index contributed by atoms with van der Waals surface area (Å²) >= 11 is 0. The van der Waals surface area contributed by atoms with Crippen molar-refractivity contribution in [1.82, 2.24) is 0 Å². The molecular weight excluding hydrogens is 372 g/mol. The second-order valence-corrected chi connectivity index (χ2v) is 9.84. The van der Waals surface area contributed by atoms with Gasteiger partial charge in [-0.3, -0.25) is 0 Å². The molecule has 0 saturated heterocycles. The minimum absolute atomic E-state index is 0.548. The summed E-state index contributed by atoms with van der Waals surface area (Å²) in [6, 6.07) is 9.72. The zero-order chi connectivity index (χ0) is 19.9. The zero-order valence-electron chi connectivity index (χ0n) is 17.1. The fourth-order valence-electron chi connectivity index (χ4n) is 2.20. The Hall–Kier alpha value is -0.626. The van der Waals surface area contributed by atoms with Gasteiger partial charge in [-0.2, -0.15) is 0 Å². The van der Waals surface area contributed by atoms with Crippen molar-refractivity contribution in [2.24, 2.45) is 0 Å². The molecule has 0 radical (unpaired) electrons. The van der Waals surface area contributed by atoms with Gasteiger partial charge in [-0.05, 0) is 27.7 Å². The van der Waals surface area contributed by atoms with E-state index >= 15 is 0 Å². The van der Waals surface area contributed by atoms with Crippen LogP contribution in [0.2, 0.25) is 0 Å². The van der Waals surface area contributed by atoms with Crippen LogP contribution in [0.5, 0.6) is 0 Å². The first-order chi connectivity index (χ1) is 12.5. The van der Waals surface area contributed by atoms with E-state index in [2.05, 4.69) is 0 Å². The lowest BCUT2D eigenvalue weighted by Gasteiger charge is -2.26. The molecule has 7 nitrogen and oxygen atoms in total. The second-order valence-electron chi connectivity index (χ2n) is 4.77. The predicted molar refractivity (Wildman–Crippen MR) is 105 cm³/mol. The van der Waals surface area contributed by atoms with Crippen molar-refractivity contribution in [2.45, 2.75) is 27.7 Å². The molecule has 0 amide bonds. The van der Waals surface area contributed by atoms with Crippen LogP contribution in [0.4, 0.5) is 0 Å². The molecule has 0 atom stereocenters. The molecule has 0 bridgehead atoms. The van der Waals surface area contributed by atoms with Gasteiger partial charge in [0.2, 0.25) is 0 Å². The lowest BCUT2D eigenvalue weighted by atomic mass is 10.4. The number of rotatable bonds is 12. The van der Waals surface area contributed by atoms with Crippen LogP contribution in [0, 0.1) is 0 Å². The summed E-state index contributed by atoms with van der Waals surface area (Å²) in [6.45, 7) is 9.80. The molecule has 0 aromatic heterocycles. The van der Waals surface area contributed by atoms with Gasteiger partial charge in [0.15, 0.2) is 0 Å². The molecule has 0 aliphatic heterocycles. The molecule has 0 fully saturated rings. The minimum atomic E-state index is -2.80. The summed E-state index contributed by atoms with van der Waals surface area (Å²) in [4.78, 5) is 0. The topological polar surface area (TPSA) is 64.6 Å². The Bertz CT molecular complexity index is 406. The summed E-state index contributed by atoms with van der Waals surface area (Å²) in [7, 11) is -0.579. The third-order valence-electron chi connectivity index (χ3n) is 3.22. The molecule has 9 heteroatoms. The van der Waals surface area contributed by atoms with E-state index < -0.39 is 17.9 Å². The van der Waals surface area contributed by atoms with Gasteiger partial charge in [0.25, 0.3) is 0 Å². The van der Waals surface area contributed by atoms with E-state index in [1.807, 2.05) is 58.0 Å². The highest BCUT2D eigenvalue weighted by Gasteiger charge is 2.44. The molecule has 0 N–H and O–H groups in total. The van der Waals surface area contributed by atoms with Gasteiger partial charge in [-0.25, -0.2) is 0 Å². The van der Waals surface area contributed by atoms with Crippen molar-refractivity contribution in [1.29, 1.82) is 0 Å². The molecule has 0 aliphatic rings. The molecule has 1 aromatic rings. The molecular formula is C17H34O7Si2. The normalized spacial score (nSPS) is 11.8. The van der Waals surface area contributed by atoms with Crippen LogP contribution in [0.3, 0.4) is 0 Å². The molecule has 0 saturated carbocycles. The van der Waals surface area contributed by atoms with Crippen LogP contribution in [-0.4, -0.2) is 65.6 Å². The van der Waals surface area contributed by atoms with Gasteiger partial charge in [0.1, 0.15) is 0 Å². The maximum atomic E-state index is 5.42. The fourth-order valence-corrected chi connectivity index (χ4v) is 5.92. The largest absolute Gasteiger partial charge is 0.679 e. The van der Waals surface area contributed by atoms with Gasteiger partial charge in [0, 0.05) is 52.9 Å². The first-order valence-corrected chi connectivity index (χ1v) is 12.2. The highest BCUT2D eigenvalue weighted by atomic mass is 28.4. The molecule has 0 spiro atoms. The average molecular weight is 407 g/mol. The minimum Gasteiger partial charge on any atom is -0.373 e. The quantitative estimate of drug-likeness (QED) is 0.494. The van der Waals surface area contributed by atoms with E-state index in [1.165, 1.54) is 0 Å². The maximum absolute atomic E-state index is 5.42. The van der Waals surface area contributed by atoms with Crippen LogP contribution >= 0.6 is 0 Å². The predicted octanol–water partition coefficient (Wildman–Crippen LogP) is 2.34. The Balaban J connectivity index is 0.000000481. The standard InChI is InChI=1S/C9H14O3Si.C8H20O4Si/c1-10-13(11-2,12-3)9-7-5-4-6-8-9;1-5-9-13(10-6-2,11-7-3)12-8-4/h4-8H,1-3H3;5-8H2,1-4H3. The summed E-state index contributed by atoms with van der Waals surface area (Å²) in [5.41, 5.74) is 0. The molecule has 1 rings (SSSR count). The van der Waals surface area contributed by atoms with Crippen molar-refractivity contribution in [3.8, 4) is 0 Å². The van der Waals surface area contributed by atoms with E-state index in [0.717, 1.165) is 5.19 Å². The molecule has 0 heterocycles. The molecule has 26 heavy (non-hydrogen) atoms. The Kier molecular flexibility index (Phi) is 14.1. The summed E-state index contributed by atoms with van der Waals surface area (Å²) in [6.07, 6.45) is 0. The second kappa shape index (κ2) is 14.4. The van der Waals surface area contributed by atoms with Gasteiger partial charge in [0.05, 0.1) is 0 Å². The summed E-state index contributed by atoms with van der Waals surface area (Å²) in [5, 5.41) is 0.975. The van der Waals surface area contributed by atoms with Gasteiger partial charge >= 0.3 is 17.9 Å². The third kappa shape index (κ3) is 7.95. The van der Waals surface area contributed by atoms with Crippen LogP contribution < -0.4 is 5.19 Å².